The van der Waals surface area contributed by atoms with Gasteiger partial charge >= 0.3 is 5.97 Å². The van der Waals surface area contributed by atoms with E-state index < -0.39 is 23.9 Å². The maximum absolute atomic E-state index is 12.7. The highest BCUT2D eigenvalue weighted by molar-refractivity contribution is 5.89. The maximum atomic E-state index is 12.7. The summed E-state index contributed by atoms with van der Waals surface area (Å²) in [5.41, 5.74) is 3.16. The van der Waals surface area contributed by atoms with Crippen molar-refractivity contribution in [2.75, 3.05) is 24.7 Å². The average Bonchev–Trinajstić information content (AvgIpc) is 3.50. The number of carbonyl (C=O) groups excluding carboxylic acids is 1. The molecular formula is C37H47NO6. The number of rotatable bonds is 16. The fraction of sp³-hybridized carbons (Fsp3) is 0.486. The molecule has 3 aromatic rings. The molecule has 1 N–H and O–H groups in total. The topological polar surface area (TPSA) is 77.5 Å². The first-order chi connectivity index (χ1) is 21.5. The monoisotopic (exact) mass is 601 g/mol. The van der Waals surface area contributed by atoms with Gasteiger partial charge in [0.2, 0.25) is 0 Å². The number of hydrogen-bond donors (Lipinski definition) is 1. The van der Waals surface area contributed by atoms with Crippen molar-refractivity contribution in [3.8, 4) is 11.5 Å². The molecule has 7 heteroatoms. The second-order valence-corrected chi connectivity index (χ2v) is 11.9. The molecule has 2 aliphatic heterocycles. The molecule has 0 unspecified atom stereocenters. The molecule has 0 saturated carbocycles. The van der Waals surface area contributed by atoms with E-state index in [9.17, 15) is 9.90 Å². The number of benzene rings is 3. The number of unbranched alkanes of at least 4 members (excludes halogenated alkanes) is 3. The first-order valence-corrected chi connectivity index (χ1v) is 16.4. The lowest BCUT2D eigenvalue weighted by Gasteiger charge is -2.31. The SMILES string of the molecule is CCCCOc1ccc(CCCC)c(OCCCC)c1CN1c2ccccc2[C@]2(O)C[C@@H](COC(=O)c3ccccc3)O[C@H]12. The van der Waals surface area contributed by atoms with Crippen LogP contribution in [0.1, 0.15) is 92.8 Å². The van der Waals surface area contributed by atoms with Gasteiger partial charge in [-0.05, 0) is 55.5 Å². The third kappa shape index (κ3) is 6.89. The summed E-state index contributed by atoms with van der Waals surface area (Å²) >= 11 is 0. The van der Waals surface area contributed by atoms with Crippen molar-refractivity contribution in [2.24, 2.45) is 0 Å². The summed E-state index contributed by atoms with van der Waals surface area (Å²) in [7, 11) is 0. The Labute approximate surface area is 262 Å². The van der Waals surface area contributed by atoms with Crippen LogP contribution in [-0.4, -0.2) is 43.2 Å². The molecule has 5 rings (SSSR count). The summed E-state index contributed by atoms with van der Waals surface area (Å²) < 4.78 is 25.1. The van der Waals surface area contributed by atoms with Crippen LogP contribution in [-0.2, 0) is 28.0 Å². The standard InChI is InChI=1S/C37H47NO6/c1-4-7-15-27-20-21-33(41-22-8-5-2)30(34(27)42-23-9-6-3)25-38-32-19-14-13-18-31(32)37(40)24-29(44-36(37)38)26-43-35(39)28-16-11-10-12-17-28/h10-14,16-21,29,36,40H,4-9,15,22-26H2,1-3H3/t29-,36-,37+/m0/s1. The number of nitrogens with zero attached hydrogens (tertiary/aromatic N) is 1. The third-order valence-corrected chi connectivity index (χ3v) is 8.57. The molecule has 0 bridgehead atoms. The van der Waals surface area contributed by atoms with Crippen LogP contribution in [0.4, 0.5) is 5.69 Å². The van der Waals surface area contributed by atoms with Gasteiger partial charge in [0.15, 0.2) is 6.23 Å². The van der Waals surface area contributed by atoms with Gasteiger partial charge in [-0.3, -0.25) is 0 Å². The van der Waals surface area contributed by atoms with Crippen LogP contribution in [0.25, 0.3) is 0 Å². The Morgan fingerprint density at radius 1 is 0.909 bits per heavy atom. The molecule has 1 fully saturated rings. The van der Waals surface area contributed by atoms with Crippen LogP contribution in [0.3, 0.4) is 0 Å². The van der Waals surface area contributed by atoms with Crippen LogP contribution in [0.15, 0.2) is 66.7 Å². The van der Waals surface area contributed by atoms with Crippen molar-refractivity contribution in [1.82, 2.24) is 0 Å². The average molecular weight is 602 g/mol. The number of para-hydroxylation sites is 1. The van der Waals surface area contributed by atoms with E-state index in [0.29, 0.717) is 31.7 Å². The smallest absolute Gasteiger partial charge is 0.338 e. The summed E-state index contributed by atoms with van der Waals surface area (Å²) in [6, 6.07) is 21.1. The van der Waals surface area contributed by atoms with E-state index in [1.807, 2.05) is 42.5 Å². The zero-order valence-corrected chi connectivity index (χ0v) is 26.4. The fourth-order valence-corrected chi connectivity index (χ4v) is 6.18. The van der Waals surface area contributed by atoms with E-state index in [0.717, 1.165) is 73.3 Å². The van der Waals surface area contributed by atoms with Gasteiger partial charge < -0.3 is 29.0 Å². The molecule has 1 saturated heterocycles. The van der Waals surface area contributed by atoms with Gasteiger partial charge in [-0.25, -0.2) is 4.79 Å². The Kier molecular flexibility index (Phi) is 10.8. The van der Waals surface area contributed by atoms with Gasteiger partial charge in [0, 0.05) is 17.7 Å². The minimum absolute atomic E-state index is 0.0613. The quantitative estimate of drug-likeness (QED) is 0.134. The van der Waals surface area contributed by atoms with Gasteiger partial charge in [-0.15, -0.1) is 0 Å². The molecule has 7 nitrogen and oxygen atoms in total. The molecule has 3 atom stereocenters. The summed E-state index contributed by atoms with van der Waals surface area (Å²) in [4.78, 5) is 14.8. The van der Waals surface area contributed by atoms with Crippen molar-refractivity contribution in [3.63, 3.8) is 0 Å². The van der Waals surface area contributed by atoms with E-state index in [4.69, 9.17) is 18.9 Å². The van der Waals surface area contributed by atoms with Gasteiger partial charge in [0.05, 0.1) is 37.0 Å². The molecular weight excluding hydrogens is 554 g/mol. The Balaban J connectivity index is 1.45. The molecule has 2 aliphatic rings. The summed E-state index contributed by atoms with van der Waals surface area (Å²) in [6.07, 6.45) is 6.33. The highest BCUT2D eigenvalue weighted by Gasteiger charge is 2.57. The van der Waals surface area contributed by atoms with Crippen LogP contribution in [0.2, 0.25) is 0 Å². The van der Waals surface area contributed by atoms with Crippen molar-refractivity contribution in [3.05, 3.63) is 89.0 Å². The predicted octanol–water partition coefficient (Wildman–Crippen LogP) is 7.57. The van der Waals surface area contributed by atoms with Crippen LogP contribution in [0.5, 0.6) is 11.5 Å². The lowest BCUT2D eigenvalue weighted by atomic mass is 9.91. The normalized spacial score (nSPS) is 20.3. The van der Waals surface area contributed by atoms with E-state index in [1.54, 1.807) is 12.1 Å². The summed E-state index contributed by atoms with van der Waals surface area (Å²) in [5.74, 6) is 1.30. The second kappa shape index (κ2) is 15.0. The van der Waals surface area contributed by atoms with Crippen LogP contribution < -0.4 is 14.4 Å². The predicted molar refractivity (Wildman–Crippen MR) is 172 cm³/mol. The number of aliphatic hydroxyl groups is 1. The number of anilines is 1. The molecule has 0 spiro atoms. The van der Waals surface area contributed by atoms with E-state index in [-0.39, 0.29) is 6.61 Å². The molecule has 0 aromatic heterocycles. The zero-order chi connectivity index (χ0) is 30.9. The van der Waals surface area contributed by atoms with Gasteiger partial charge in [-0.1, -0.05) is 82.5 Å². The highest BCUT2D eigenvalue weighted by Crippen LogP contribution is 2.52. The first kappa shape index (κ1) is 31.9. The fourth-order valence-electron chi connectivity index (χ4n) is 6.18. The Morgan fingerprint density at radius 3 is 2.36 bits per heavy atom. The largest absolute Gasteiger partial charge is 0.493 e. The third-order valence-electron chi connectivity index (χ3n) is 8.57. The number of hydrogen-bond acceptors (Lipinski definition) is 7. The number of fused-ring (bicyclic) bond motifs is 3. The Hall–Kier alpha value is -3.55. The van der Waals surface area contributed by atoms with Crippen molar-refractivity contribution < 1.29 is 28.8 Å². The molecule has 0 aliphatic carbocycles. The maximum Gasteiger partial charge on any atom is 0.338 e. The highest BCUT2D eigenvalue weighted by atomic mass is 16.6. The lowest BCUT2D eigenvalue weighted by molar-refractivity contribution is -0.0510. The number of esters is 1. The molecule has 3 aromatic carbocycles. The van der Waals surface area contributed by atoms with Crippen molar-refractivity contribution in [1.29, 1.82) is 0 Å². The van der Waals surface area contributed by atoms with Gasteiger partial charge in [0.1, 0.15) is 23.7 Å². The number of carbonyl (C=O) groups is 1. The van der Waals surface area contributed by atoms with Crippen molar-refractivity contribution >= 4 is 11.7 Å². The molecule has 2 heterocycles. The van der Waals surface area contributed by atoms with Gasteiger partial charge in [0.25, 0.3) is 0 Å². The first-order valence-electron chi connectivity index (χ1n) is 16.4. The number of ether oxygens (including phenoxy) is 4. The second-order valence-electron chi connectivity index (χ2n) is 11.9. The van der Waals surface area contributed by atoms with Crippen LogP contribution >= 0.6 is 0 Å². The van der Waals surface area contributed by atoms with E-state index >= 15 is 0 Å². The molecule has 44 heavy (non-hydrogen) atoms. The summed E-state index contributed by atoms with van der Waals surface area (Å²) in [6.45, 7) is 8.30. The van der Waals surface area contributed by atoms with Gasteiger partial charge in [-0.2, -0.15) is 0 Å². The molecule has 236 valence electrons. The lowest BCUT2D eigenvalue weighted by Crippen LogP contribution is -2.41. The molecule has 0 radical (unpaired) electrons. The minimum Gasteiger partial charge on any atom is -0.493 e. The van der Waals surface area contributed by atoms with E-state index in [2.05, 4.69) is 37.8 Å². The Morgan fingerprint density at radius 2 is 1.61 bits per heavy atom. The molecule has 0 amide bonds. The number of aryl methyl sites for hydroxylation is 1. The zero-order valence-electron chi connectivity index (χ0n) is 26.4. The van der Waals surface area contributed by atoms with Crippen molar-refractivity contribution in [2.45, 2.75) is 96.6 Å². The minimum atomic E-state index is -1.24. The van der Waals surface area contributed by atoms with Crippen LogP contribution in [0, 0.1) is 0 Å². The Bertz CT molecular complexity index is 1380. The van der Waals surface area contributed by atoms with E-state index in [1.165, 1.54) is 5.56 Å². The summed E-state index contributed by atoms with van der Waals surface area (Å²) in [5, 5.41) is 12.2.